The van der Waals surface area contributed by atoms with Gasteiger partial charge in [-0.2, -0.15) is 0 Å². The zero-order chi connectivity index (χ0) is 21.6. The zero-order valence-electron chi connectivity index (χ0n) is 15.9. The summed E-state index contributed by atoms with van der Waals surface area (Å²) in [5, 5.41) is 22.2. The third kappa shape index (κ3) is 4.67. The normalized spacial score (nSPS) is 13.7. The molecule has 0 atom stereocenters. The summed E-state index contributed by atoms with van der Waals surface area (Å²) in [7, 11) is 4.20. The van der Waals surface area contributed by atoms with Crippen LogP contribution in [0.4, 0.5) is 0 Å². The largest absolute Gasteiger partial charge is 0.493 e. The lowest BCUT2D eigenvalue weighted by molar-refractivity contribution is -0.429. The molecule has 29 heavy (non-hydrogen) atoms. The molecule has 0 bridgehead atoms. The molecule has 1 aliphatic carbocycles. The van der Waals surface area contributed by atoms with Crippen molar-refractivity contribution in [2.24, 2.45) is 0 Å². The van der Waals surface area contributed by atoms with E-state index in [-0.39, 0.29) is 40.5 Å². The average molecular weight is 402 g/mol. The van der Waals surface area contributed by atoms with Gasteiger partial charge in [-0.05, 0) is 30.4 Å². The van der Waals surface area contributed by atoms with Gasteiger partial charge in [0.05, 0.1) is 43.2 Å². The number of carbonyl (C=O) groups excluding carboxylic acids is 1. The summed E-state index contributed by atoms with van der Waals surface area (Å²) < 4.78 is 15.7. The fourth-order valence-electron chi connectivity index (χ4n) is 2.68. The zero-order valence-corrected chi connectivity index (χ0v) is 15.9. The van der Waals surface area contributed by atoms with Gasteiger partial charge >= 0.3 is 0 Å². The highest BCUT2D eigenvalue weighted by Crippen LogP contribution is 2.40. The summed E-state index contributed by atoms with van der Waals surface area (Å²) >= 11 is 0. The number of methoxy groups -OCH3 is 3. The number of hydrogen-bond donors (Lipinski definition) is 0. The van der Waals surface area contributed by atoms with Crippen LogP contribution in [0.3, 0.4) is 0 Å². The average Bonchev–Trinajstić information content (AvgIpc) is 2.93. The lowest BCUT2D eigenvalue weighted by Crippen LogP contribution is -2.04. The maximum atomic E-state index is 12.7. The van der Waals surface area contributed by atoms with Crippen LogP contribution in [-0.4, -0.2) is 37.0 Å². The Morgan fingerprint density at radius 3 is 2.24 bits per heavy atom. The topological polar surface area (TPSA) is 131 Å². The second-order valence-electron chi connectivity index (χ2n) is 5.66. The van der Waals surface area contributed by atoms with Gasteiger partial charge in [0.1, 0.15) is 0 Å². The highest BCUT2D eigenvalue weighted by molar-refractivity contribution is 6.07. The number of benzene rings is 1. The molecule has 0 saturated heterocycles. The Hall–Kier alpha value is -3.95. The maximum absolute atomic E-state index is 12.7. The van der Waals surface area contributed by atoms with Crippen molar-refractivity contribution in [2.45, 2.75) is 6.42 Å². The van der Waals surface area contributed by atoms with E-state index in [1.807, 2.05) is 0 Å². The van der Waals surface area contributed by atoms with Crippen molar-refractivity contribution in [3.63, 3.8) is 0 Å². The van der Waals surface area contributed by atoms with Crippen LogP contribution in [0.2, 0.25) is 0 Å². The molecule has 0 fully saturated rings. The first-order valence-electron chi connectivity index (χ1n) is 8.25. The van der Waals surface area contributed by atoms with Gasteiger partial charge in [-0.3, -0.25) is 25.0 Å². The molecule has 0 aliphatic heterocycles. The molecule has 0 spiro atoms. The lowest BCUT2D eigenvalue weighted by Gasteiger charge is -2.14. The quantitative estimate of drug-likeness (QED) is 0.280. The monoisotopic (exact) mass is 402 g/mol. The predicted octanol–water partition coefficient (Wildman–Crippen LogP) is 3.10. The number of hydrogen-bond acceptors (Lipinski definition) is 8. The first-order valence-corrected chi connectivity index (χ1v) is 8.25. The molecule has 0 heterocycles. The van der Waals surface area contributed by atoms with Crippen LogP contribution in [0, 0.1) is 20.2 Å². The van der Waals surface area contributed by atoms with Crippen LogP contribution < -0.4 is 14.2 Å². The third-order valence-corrected chi connectivity index (χ3v) is 4.09. The number of ketones is 1. The van der Waals surface area contributed by atoms with E-state index < -0.39 is 15.6 Å². The summed E-state index contributed by atoms with van der Waals surface area (Å²) in [6.07, 6.45) is 5.65. The van der Waals surface area contributed by atoms with Crippen LogP contribution in [0.15, 0.2) is 59.5 Å². The Labute approximate surface area is 165 Å². The molecule has 152 valence electrons. The third-order valence-electron chi connectivity index (χ3n) is 4.09. The van der Waals surface area contributed by atoms with Crippen molar-refractivity contribution in [1.29, 1.82) is 0 Å². The minimum absolute atomic E-state index is 0.0795. The molecule has 1 aliphatic rings. The van der Waals surface area contributed by atoms with Crippen molar-refractivity contribution in [2.75, 3.05) is 21.3 Å². The molecule has 1 aromatic carbocycles. The number of rotatable bonds is 8. The van der Waals surface area contributed by atoms with E-state index in [9.17, 15) is 25.0 Å². The molecule has 0 radical (unpaired) electrons. The van der Waals surface area contributed by atoms with Gasteiger partial charge in [0.15, 0.2) is 17.3 Å². The van der Waals surface area contributed by atoms with Gasteiger partial charge in [0.25, 0.3) is 11.4 Å². The van der Waals surface area contributed by atoms with Gasteiger partial charge < -0.3 is 14.2 Å². The number of allylic oxidation sites excluding steroid dienone is 6. The fourth-order valence-corrected chi connectivity index (χ4v) is 2.68. The maximum Gasteiger partial charge on any atom is 0.266 e. The van der Waals surface area contributed by atoms with E-state index in [2.05, 4.69) is 0 Å². The molecule has 10 nitrogen and oxygen atoms in total. The highest BCUT2D eigenvalue weighted by atomic mass is 16.6. The highest BCUT2D eigenvalue weighted by Gasteiger charge is 2.22. The van der Waals surface area contributed by atoms with E-state index in [0.717, 1.165) is 18.2 Å². The van der Waals surface area contributed by atoms with Crippen molar-refractivity contribution in [3.05, 3.63) is 85.3 Å². The Kier molecular flexibility index (Phi) is 6.85. The summed E-state index contributed by atoms with van der Waals surface area (Å²) in [5.41, 5.74) is -0.288. The fraction of sp³-hybridized carbons (Fsp3) is 0.211. The minimum Gasteiger partial charge on any atom is -0.493 e. The van der Waals surface area contributed by atoms with Gasteiger partial charge in [-0.25, -0.2) is 0 Å². The second-order valence-corrected chi connectivity index (χ2v) is 5.66. The number of nitrogens with zero attached hydrogens (tertiary/aromatic N) is 2. The van der Waals surface area contributed by atoms with Crippen LogP contribution in [0.1, 0.15) is 16.8 Å². The van der Waals surface area contributed by atoms with Gasteiger partial charge in [0, 0.05) is 17.7 Å². The van der Waals surface area contributed by atoms with Crippen LogP contribution in [0.5, 0.6) is 17.2 Å². The first kappa shape index (κ1) is 21.4. The predicted molar refractivity (Wildman–Crippen MR) is 102 cm³/mol. The summed E-state index contributed by atoms with van der Waals surface area (Å²) in [5.74, 6) is 0.249. The Morgan fingerprint density at radius 1 is 1.00 bits per heavy atom. The standard InChI is InChI=1S/C19H18N2O8/c1-27-17-11-8-14(18(28-2)19(17)29-3)16(22)10-5-12-4-6-13(20(23)24)7-9-15(12)21(25)26/h4-8,10-11H,9H2,1-3H3/b10-5+. The molecule has 1 aromatic rings. The van der Waals surface area contributed by atoms with Crippen molar-refractivity contribution in [1.82, 2.24) is 0 Å². The van der Waals surface area contributed by atoms with E-state index in [1.165, 1.54) is 45.6 Å². The van der Waals surface area contributed by atoms with E-state index in [0.29, 0.717) is 5.75 Å². The smallest absolute Gasteiger partial charge is 0.266 e. The van der Waals surface area contributed by atoms with E-state index >= 15 is 0 Å². The molecule has 2 rings (SSSR count). The van der Waals surface area contributed by atoms with E-state index in [4.69, 9.17) is 14.2 Å². The Bertz CT molecular complexity index is 973. The first-order chi connectivity index (χ1) is 13.8. The minimum atomic E-state index is -0.639. The summed E-state index contributed by atoms with van der Waals surface area (Å²) in [6.45, 7) is 0. The van der Waals surface area contributed by atoms with Gasteiger partial charge in [-0.1, -0.05) is 0 Å². The molecule has 0 saturated carbocycles. The lowest BCUT2D eigenvalue weighted by atomic mass is 10.1. The Balaban J connectivity index is 2.42. The summed E-state index contributed by atoms with van der Waals surface area (Å²) in [4.78, 5) is 33.6. The summed E-state index contributed by atoms with van der Waals surface area (Å²) in [6, 6.07) is 3.01. The molecule has 0 aromatic heterocycles. The SMILES string of the molecule is COc1ccc(C(=O)/C=C/C2=C([N+](=O)[O-])CC=C([N+](=O)[O-])C=C2)c(OC)c1OC. The Morgan fingerprint density at radius 2 is 1.69 bits per heavy atom. The van der Waals surface area contributed by atoms with Crippen LogP contribution in [-0.2, 0) is 0 Å². The number of carbonyl (C=O) groups is 1. The molecule has 0 unspecified atom stereocenters. The molecular formula is C19H18N2O8. The van der Waals surface area contributed by atoms with Crippen molar-refractivity contribution < 1.29 is 28.9 Å². The number of ether oxygens (including phenoxy) is 3. The molecular weight excluding hydrogens is 384 g/mol. The van der Waals surface area contributed by atoms with Crippen LogP contribution in [0.25, 0.3) is 0 Å². The van der Waals surface area contributed by atoms with Gasteiger partial charge in [0.2, 0.25) is 5.75 Å². The number of nitro groups is 2. The van der Waals surface area contributed by atoms with E-state index in [1.54, 1.807) is 0 Å². The molecule has 0 N–H and O–H groups in total. The van der Waals surface area contributed by atoms with Crippen molar-refractivity contribution >= 4 is 5.78 Å². The van der Waals surface area contributed by atoms with Crippen molar-refractivity contribution in [3.8, 4) is 17.2 Å². The molecule has 10 heteroatoms. The van der Waals surface area contributed by atoms with Crippen LogP contribution >= 0.6 is 0 Å². The second kappa shape index (κ2) is 9.31. The van der Waals surface area contributed by atoms with Gasteiger partial charge in [-0.15, -0.1) is 0 Å². The molecule has 0 amide bonds.